The van der Waals surface area contributed by atoms with Gasteiger partial charge in [0.05, 0.1) is 26.4 Å². The Bertz CT molecular complexity index is 1630. The monoisotopic (exact) mass is 749 g/mol. The zero-order chi connectivity index (χ0) is 38.9. The van der Waals surface area contributed by atoms with Gasteiger partial charge in [0, 0.05) is 67.6 Å². The van der Waals surface area contributed by atoms with Crippen LogP contribution in [0.2, 0.25) is 0 Å². The van der Waals surface area contributed by atoms with E-state index in [0.717, 1.165) is 54.7 Å². The number of amides is 2. The predicted molar refractivity (Wildman–Crippen MR) is 209 cm³/mol. The number of para-hydroxylation sites is 1. The summed E-state index contributed by atoms with van der Waals surface area (Å²) in [7, 11) is 5.46. The van der Waals surface area contributed by atoms with E-state index in [-0.39, 0.29) is 49.1 Å². The van der Waals surface area contributed by atoms with Crippen LogP contribution in [0.15, 0.2) is 36.4 Å². The van der Waals surface area contributed by atoms with Crippen molar-refractivity contribution in [2.45, 2.75) is 96.7 Å². The van der Waals surface area contributed by atoms with Gasteiger partial charge in [-0.25, -0.2) is 0 Å². The molecule has 0 radical (unpaired) electrons. The van der Waals surface area contributed by atoms with Gasteiger partial charge in [-0.15, -0.1) is 0 Å². The van der Waals surface area contributed by atoms with Gasteiger partial charge in [-0.05, 0) is 99.0 Å². The van der Waals surface area contributed by atoms with Crippen molar-refractivity contribution in [3.05, 3.63) is 47.5 Å². The highest BCUT2D eigenvalue weighted by Gasteiger charge is 2.57. The number of hydroxylamine groups is 2. The lowest BCUT2D eigenvalue weighted by Gasteiger charge is -2.62. The van der Waals surface area contributed by atoms with Crippen molar-refractivity contribution in [1.29, 1.82) is 0 Å². The lowest BCUT2D eigenvalue weighted by molar-refractivity contribution is -0.183. The van der Waals surface area contributed by atoms with Crippen LogP contribution in [-0.4, -0.2) is 121 Å². The molecule has 0 aromatic heterocycles. The van der Waals surface area contributed by atoms with Gasteiger partial charge < -0.3 is 40.5 Å². The van der Waals surface area contributed by atoms with Crippen molar-refractivity contribution in [3.8, 4) is 16.9 Å². The van der Waals surface area contributed by atoms with E-state index in [4.69, 9.17) is 9.57 Å². The second-order valence-corrected chi connectivity index (χ2v) is 17.1. The molecular formula is C42H63N5O7. The molecule has 0 spiro atoms. The molecular weight excluding hydrogens is 686 g/mol. The third-order valence-corrected chi connectivity index (χ3v) is 13.2. The van der Waals surface area contributed by atoms with Crippen molar-refractivity contribution >= 4 is 17.5 Å². The average molecular weight is 750 g/mol. The summed E-state index contributed by atoms with van der Waals surface area (Å²) in [6, 6.07) is 10.5. The van der Waals surface area contributed by atoms with Crippen LogP contribution in [0.25, 0.3) is 11.1 Å². The number of likely N-dealkylation sites (tertiary alicyclic amines) is 1. The van der Waals surface area contributed by atoms with Gasteiger partial charge in [-0.2, -0.15) is 5.06 Å². The summed E-state index contributed by atoms with van der Waals surface area (Å²) in [5, 5.41) is 39.2. The number of methoxy groups -OCH3 is 1. The number of rotatable bonds is 15. The number of ether oxygens (including phenoxy) is 1. The molecule has 2 heterocycles. The summed E-state index contributed by atoms with van der Waals surface area (Å²) in [6.07, 6.45) is 3.23. The maximum Gasteiger partial charge on any atom is 0.251 e. The molecule has 54 heavy (non-hydrogen) atoms. The van der Waals surface area contributed by atoms with E-state index in [9.17, 15) is 24.9 Å². The Labute approximate surface area is 321 Å². The Morgan fingerprint density at radius 3 is 2.46 bits per heavy atom. The Hall–Kier alpha value is -3.26. The van der Waals surface area contributed by atoms with Crippen LogP contribution in [0, 0.1) is 29.1 Å². The molecule has 7 rings (SSSR count). The number of benzene rings is 2. The Kier molecular flexibility index (Phi) is 12.6. The van der Waals surface area contributed by atoms with Crippen molar-refractivity contribution in [2.75, 3.05) is 59.0 Å². The molecule has 5 aliphatic rings. The molecule has 2 saturated heterocycles. The van der Waals surface area contributed by atoms with Crippen molar-refractivity contribution in [2.24, 2.45) is 29.1 Å². The van der Waals surface area contributed by atoms with Gasteiger partial charge in [0.25, 0.3) is 5.91 Å². The summed E-state index contributed by atoms with van der Waals surface area (Å²) < 4.78 is 6.08. The molecule has 3 saturated carbocycles. The first-order valence-corrected chi connectivity index (χ1v) is 19.9. The summed E-state index contributed by atoms with van der Waals surface area (Å²) >= 11 is 0. The minimum atomic E-state index is -0.905. The number of anilines is 1. The van der Waals surface area contributed by atoms with Gasteiger partial charge in [0.2, 0.25) is 5.91 Å². The van der Waals surface area contributed by atoms with Crippen molar-refractivity contribution < 1.29 is 34.5 Å². The highest BCUT2D eigenvalue weighted by Crippen LogP contribution is 2.61. The maximum absolute atomic E-state index is 14.3. The van der Waals surface area contributed by atoms with Gasteiger partial charge in [-0.1, -0.05) is 39.0 Å². The SMILES string of the molecule is COc1c(CN2O[C@@H](CO)[C@H]([C@H](C)O)[C@H]2C(=O)N[C@H]2C[C@@H]3C[C@@H]([C@@H]2C)C3(C)C)cccc1-c1cc(C(=O)N[C@@H](CCO)CN2CCCC2)cc(N(C)C)c1. The summed E-state index contributed by atoms with van der Waals surface area (Å²) in [4.78, 5) is 38.6. The normalized spacial score (nSPS) is 29.0. The van der Waals surface area contributed by atoms with Gasteiger partial charge in [0.15, 0.2) is 0 Å². The Morgan fingerprint density at radius 1 is 1.11 bits per heavy atom. The third-order valence-electron chi connectivity index (χ3n) is 13.2. The van der Waals surface area contributed by atoms with Gasteiger partial charge in [-0.3, -0.25) is 14.4 Å². The third kappa shape index (κ3) is 8.15. The fourth-order valence-corrected chi connectivity index (χ4v) is 9.90. The quantitative estimate of drug-likeness (QED) is 0.183. The maximum atomic E-state index is 14.3. The van der Waals surface area contributed by atoms with Gasteiger partial charge >= 0.3 is 0 Å². The van der Waals surface area contributed by atoms with Crippen LogP contribution in [0.1, 0.15) is 75.7 Å². The summed E-state index contributed by atoms with van der Waals surface area (Å²) in [5.41, 5.74) is 3.91. The van der Waals surface area contributed by atoms with Gasteiger partial charge in [0.1, 0.15) is 17.9 Å². The number of nitrogens with zero attached hydrogens (tertiary/aromatic N) is 3. The number of fused-ring (bicyclic) bond motifs is 2. The number of carbonyl (C=O) groups is 2. The first-order chi connectivity index (χ1) is 25.8. The first-order valence-electron chi connectivity index (χ1n) is 19.9. The van der Waals surface area contributed by atoms with Crippen LogP contribution >= 0.6 is 0 Å². The van der Waals surface area contributed by atoms with Crippen LogP contribution in [-0.2, 0) is 16.2 Å². The van der Waals surface area contributed by atoms with E-state index < -0.39 is 24.2 Å². The fraction of sp³-hybridized carbons (Fsp3) is 0.667. The lowest BCUT2D eigenvalue weighted by Crippen LogP contribution is -2.62. The molecule has 2 bridgehead atoms. The minimum Gasteiger partial charge on any atom is -0.496 e. The standard InChI is InChI=1S/C42H63N5O7/c1-25-34-20-30(42(34,3)4)21-35(25)44-41(52)38-37(26(2)50)36(24-49)54-47(38)22-27-11-10-12-33(39(27)53-7)28-17-29(19-32(18-28)45(5)6)40(51)43-31(13-16-48)23-46-14-8-9-15-46/h10-12,17-19,25-26,30-31,34-38,48-50H,8-9,13-16,20-24H2,1-7H3,(H,43,51)(H,44,52)/t25-,26-,30-,31-,34-,35-,36-,37-,38-/m0/s1. The van der Waals surface area contributed by atoms with E-state index in [1.54, 1.807) is 19.1 Å². The predicted octanol–water partition coefficient (Wildman–Crippen LogP) is 3.67. The van der Waals surface area contributed by atoms with Crippen molar-refractivity contribution in [3.63, 3.8) is 0 Å². The molecule has 5 N–H and O–H groups in total. The van der Waals surface area contributed by atoms with Crippen LogP contribution < -0.4 is 20.3 Å². The summed E-state index contributed by atoms with van der Waals surface area (Å²) in [6.45, 7) is 11.1. The molecule has 12 nitrogen and oxygen atoms in total. The smallest absolute Gasteiger partial charge is 0.251 e. The molecule has 2 aromatic rings. The molecule has 9 atom stereocenters. The topological polar surface area (TPSA) is 147 Å². The second kappa shape index (κ2) is 16.9. The molecule has 5 fully saturated rings. The molecule has 2 amide bonds. The fourth-order valence-electron chi connectivity index (χ4n) is 9.90. The number of aliphatic hydroxyl groups is 3. The zero-order valence-electron chi connectivity index (χ0n) is 33.3. The number of hydrogen-bond acceptors (Lipinski definition) is 10. The lowest BCUT2D eigenvalue weighted by atomic mass is 9.45. The molecule has 12 heteroatoms. The van der Waals surface area contributed by atoms with E-state index in [0.29, 0.717) is 42.0 Å². The van der Waals surface area contributed by atoms with Crippen LogP contribution in [0.4, 0.5) is 5.69 Å². The molecule has 3 aliphatic carbocycles. The Morgan fingerprint density at radius 2 is 1.85 bits per heavy atom. The summed E-state index contributed by atoms with van der Waals surface area (Å²) in [5.74, 6) is 0.957. The molecule has 0 unspecified atom stereocenters. The van der Waals surface area contributed by atoms with Crippen LogP contribution in [0.3, 0.4) is 0 Å². The first kappa shape index (κ1) is 40.4. The van der Waals surface area contributed by atoms with E-state index in [1.807, 2.05) is 55.4 Å². The Balaban J connectivity index is 1.27. The number of hydrogen-bond donors (Lipinski definition) is 5. The molecule has 2 aliphatic heterocycles. The highest BCUT2D eigenvalue weighted by atomic mass is 16.7. The average Bonchev–Trinajstić information content (AvgIpc) is 3.79. The number of carbonyl (C=O) groups excluding carboxylic acids is 2. The zero-order valence-corrected chi connectivity index (χ0v) is 33.3. The largest absolute Gasteiger partial charge is 0.496 e. The van der Waals surface area contributed by atoms with E-state index in [2.05, 4.69) is 36.3 Å². The number of aliphatic hydroxyl groups excluding tert-OH is 3. The number of nitrogens with one attached hydrogen (secondary N) is 2. The minimum absolute atomic E-state index is 0.00892. The molecule has 2 aromatic carbocycles. The highest BCUT2D eigenvalue weighted by molar-refractivity contribution is 5.97. The van der Waals surface area contributed by atoms with E-state index >= 15 is 0 Å². The van der Waals surface area contributed by atoms with E-state index in [1.165, 1.54) is 6.42 Å². The molecule has 298 valence electrons. The van der Waals surface area contributed by atoms with Crippen LogP contribution in [0.5, 0.6) is 5.75 Å². The van der Waals surface area contributed by atoms with Crippen molar-refractivity contribution in [1.82, 2.24) is 20.6 Å². The second-order valence-electron chi connectivity index (χ2n) is 17.1.